The number of nitrogens with zero attached hydrogens (tertiary/aromatic N) is 1. The second-order valence-electron chi connectivity index (χ2n) is 6.27. The molecular formula is C13H23N. The van der Waals surface area contributed by atoms with Crippen LogP contribution in [-0.4, -0.2) is 18.0 Å². The van der Waals surface area contributed by atoms with Gasteiger partial charge in [-0.1, -0.05) is 33.8 Å². The van der Waals surface area contributed by atoms with Crippen molar-refractivity contribution in [2.45, 2.75) is 47.0 Å². The van der Waals surface area contributed by atoms with Gasteiger partial charge >= 0.3 is 0 Å². The smallest absolute Gasteiger partial charge is 0.0175 e. The van der Waals surface area contributed by atoms with Crippen molar-refractivity contribution in [2.24, 2.45) is 10.8 Å². The zero-order chi connectivity index (χ0) is 10.4. The normalized spacial score (nSPS) is 29.4. The van der Waals surface area contributed by atoms with Gasteiger partial charge in [-0.25, -0.2) is 0 Å². The van der Waals surface area contributed by atoms with Gasteiger partial charge < -0.3 is 4.90 Å². The van der Waals surface area contributed by atoms with Crippen molar-refractivity contribution in [3.05, 3.63) is 11.8 Å². The Hall–Kier alpha value is -0.460. The van der Waals surface area contributed by atoms with Crippen LogP contribution in [0.15, 0.2) is 11.8 Å². The summed E-state index contributed by atoms with van der Waals surface area (Å²) in [7, 11) is 0. The predicted octanol–water partition coefficient (Wildman–Crippen LogP) is 3.42. The second-order valence-corrected chi connectivity index (χ2v) is 6.27. The quantitative estimate of drug-likeness (QED) is 0.617. The highest BCUT2D eigenvalue weighted by Crippen LogP contribution is 2.49. The molecule has 2 rings (SSSR count). The van der Waals surface area contributed by atoms with Gasteiger partial charge in [0.2, 0.25) is 0 Å². The average Bonchev–Trinajstić information content (AvgIpc) is 2.54. The number of hydrogen-bond donors (Lipinski definition) is 0. The molecule has 1 fully saturated rings. The zero-order valence-corrected chi connectivity index (χ0v) is 10.1. The van der Waals surface area contributed by atoms with Crippen LogP contribution < -0.4 is 0 Å². The van der Waals surface area contributed by atoms with Gasteiger partial charge in [0.05, 0.1) is 0 Å². The van der Waals surface area contributed by atoms with Crippen LogP contribution in [-0.2, 0) is 0 Å². The Balaban J connectivity index is 2.23. The first kappa shape index (κ1) is 10.1. The van der Waals surface area contributed by atoms with Crippen molar-refractivity contribution in [3.63, 3.8) is 0 Å². The van der Waals surface area contributed by atoms with E-state index >= 15 is 0 Å². The summed E-state index contributed by atoms with van der Waals surface area (Å²) in [6, 6.07) is 0. The van der Waals surface area contributed by atoms with E-state index in [4.69, 9.17) is 0 Å². The Bertz CT molecular complexity index is 254. The minimum atomic E-state index is 0.397. The highest BCUT2D eigenvalue weighted by atomic mass is 15.2. The molecule has 1 heterocycles. The number of likely N-dealkylation sites (tertiary alicyclic amines) is 1. The SMILES string of the molecule is CC1(C)C=C(N2CCCC2)C(C)(C)C1. The molecule has 0 aromatic heterocycles. The van der Waals surface area contributed by atoms with Crippen molar-refractivity contribution in [2.75, 3.05) is 13.1 Å². The number of rotatable bonds is 1. The van der Waals surface area contributed by atoms with E-state index in [1.807, 2.05) is 0 Å². The molecule has 1 heteroatoms. The third-order valence-electron chi connectivity index (χ3n) is 3.57. The Morgan fingerprint density at radius 2 is 1.64 bits per heavy atom. The molecule has 2 aliphatic rings. The molecular weight excluding hydrogens is 170 g/mol. The maximum Gasteiger partial charge on any atom is 0.0175 e. The molecule has 1 nitrogen and oxygen atoms in total. The molecule has 0 atom stereocenters. The Morgan fingerprint density at radius 3 is 2.07 bits per heavy atom. The number of allylic oxidation sites excluding steroid dienone is 2. The third-order valence-corrected chi connectivity index (χ3v) is 3.57. The van der Waals surface area contributed by atoms with E-state index in [-0.39, 0.29) is 0 Å². The molecule has 80 valence electrons. The van der Waals surface area contributed by atoms with E-state index in [1.165, 1.54) is 32.4 Å². The summed E-state index contributed by atoms with van der Waals surface area (Å²) in [6.07, 6.45) is 6.58. The van der Waals surface area contributed by atoms with Crippen LogP contribution in [0.2, 0.25) is 0 Å². The lowest BCUT2D eigenvalue weighted by Crippen LogP contribution is -2.27. The van der Waals surface area contributed by atoms with E-state index in [0.717, 1.165) is 0 Å². The van der Waals surface area contributed by atoms with Gasteiger partial charge in [0.1, 0.15) is 0 Å². The van der Waals surface area contributed by atoms with Crippen molar-refractivity contribution >= 4 is 0 Å². The minimum Gasteiger partial charge on any atom is -0.375 e. The Kier molecular flexibility index (Phi) is 2.17. The van der Waals surface area contributed by atoms with Gasteiger partial charge in [0.25, 0.3) is 0 Å². The fourth-order valence-electron chi connectivity index (χ4n) is 3.32. The van der Waals surface area contributed by atoms with Gasteiger partial charge in [-0.3, -0.25) is 0 Å². The molecule has 14 heavy (non-hydrogen) atoms. The summed E-state index contributed by atoms with van der Waals surface area (Å²) < 4.78 is 0. The molecule has 0 aromatic carbocycles. The summed E-state index contributed by atoms with van der Waals surface area (Å²) >= 11 is 0. The van der Waals surface area contributed by atoms with Crippen LogP contribution in [0, 0.1) is 10.8 Å². The standard InChI is InChI=1S/C13H23N/c1-12(2)9-11(13(3,4)10-12)14-7-5-6-8-14/h9H,5-8,10H2,1-4H3. The lowest BCUT2D eigenvalue weighted by atomic mass is 9.82. The van der Waals surface area contributed by atoms with Crippen LogP contribution in [0.4, 0.5) is 0 Å². The molecule has 0 unspecified atom stereocenters. The lowest BCUT2D eigenvalue weighted by molar-refractivity contribution is 0.265. The molecule has 0 radical (unpaired) electrons. The lowest BCUT2D eigenvalue weighted by Gasteiger charge is -2.31. The van der Waals surface area contributed by atoms with Crippen molar-refractivity contribution in [1.29, 1.82) is 0 Å². The van der Waals surface area contributed by atoms with E-state index < -0.39 is 0 Å². The number of hydrogen-bond acceptors (Lipinski definition) is 1. The first-order chi connectivity index (χ1) is 6.41. The maximum atomic E-state index is 2.61. The molecule has 0 N–H and O–H groups in total. The van der Waals surface area contributed by atoms with Crippen LogP contribution >= 0.6 is 0 Å². The second kappa shape index (κ2) is 3.01. The summed E-state index contributed by atoms with van der Waals surface area (Å²) in [5.74, 6) is 0. The predicted molar refractivity (Wildman–Crippen MR) is 61.1 cm³/mol. The first-order valence-corrected chi connectivity index (χ1v) is 5.89. The van der Waals surface area contributed by atoms with Gasteiger partial charge in [-0.2, -0.15) is 0 Å². The summed E-state index contributed by atoms with van der Waals surface area (Å²) in [5, 5.41) is 0. The van der Waals surface area contributed by atoms with Gasteiger partial charge in [-0.15, -0.1) is 0 Å². The molecule has 1 aliphatic heterocycles. The van der Waals surface area contributed by atoms with Gasteiger partial charge in [0.15, 0.2) is 0 Å². The zero-order valence-electron chi connectivity index (χ0n) is 10.1. The van der Waals surface area contributed by atoms with Crippen LogP contribution in [0.3, 0.4) is 0 Å². The highest BCUT2D eigenvalue weighted by Gasteiger charge is 2.40. The Morgan fingerprint density at radius 1 is 1.07 bits per heavy atom. The molecule has 0 saturated carbocycles. The minimum absolute atomic E-state index is 0.397. The highest BCUT2D eigenvalue weighted by molar-refractivity contribution is 5.23. The molecule has 1 aliphatic carbocycles. The van der Waals surface area contributed by atoms with Crippen LogP contribution in [0.25, 0.3) is 0 Å². The van der Waals surface area contributed by atoms with Crippen molar-refractivity contribution in [3.8, 4) is 0 Å². The molecule has 1 saturated heterocycles. The monoisotopic (exact) mass is 193 g/mol. The Labute approximate surface area is 88.2 Å². The maximum absolute atomic E-state index is 2.61. The van der Waals surface area contributed by atoms with Crippen molar-refractivity contribution in [1.82, 2.24) is 4.90 Å². The topological polar surface area (TPSA) is 3.24 Å². The van der Waals surface area contributed by atoms with Crippen LogP contribution in [0.5, 0.6) is 0 Å². The molecule has 0 bridgehead atoms. The summed E-state index contributed by atoms with van der Waals surface area (Å²) in [5.41, 5.74) is 2.41. The summed E-state index contributed by atoms with van der Waals surface area (Å²) in [6.45, 7) is 12.1. The first-order valence-electron chi connectivity index (χ1n) is 5.89. The summed E-state index contributed by atoms with van der Waals surface area (Å²) in [4.78, 5) is 2.61. The fourth-order valence-corrected chi connectivity index (χ4v) is 3.32. The molecule has 0 spiro atoms. The molecule has 0 aromatic rings. The largest absolute Gasteiger partial charge is 0.375 e. The van der Waals surface area contributed by atoms with Crippen LogP contribution in [0.1, 0.15) is 47.0 Å². The third kappa shape index (κ3) is 1.69. The van der Waals surface area contributed by atoms with Gasteiger partial charge in [-0.05, 0) is 24.7 Å². The van der Waals surface area contributed by atoms with Gasteiger partial charge in [0, 0.05) is 24.2 Å². The molecule has 0 amide bonds. The fraction of sp³-hybridized carbons (Fsp3) is 0.846. The van der Waals surface area contributed by atoms with E-state index in [9.17, 15) is 0 Å². The van der Waals surface area contributed by atoms with E-state index in [0.29, 0.717) is 10.8 Å². The van der Waals surface area contributed by atoms with E-state index in [1.54, 1.807) is 5.70 Å². The van der Waals surface area contributed by atoms with E-state index in [2.05, 4.69) is 38.7 Å². The van der Waals surface area contributed by atoms with Crippen molar-refractivity contribution < 1.29 is 0 Å². The average molecular weight is 193 g/mol.